The highest BCUT2D eigenvalue weighted by Crippen LogP contribution is 2.30. The molecule has 0 amide bonds. The normalized spacial score (nSPS) is 12.0. The van der Waals surface area contributed by atoms with E-state index in [0.29, 0.717) is 11.8 Å². The van der Waals surface area contributed by atoms with E-state index in [0.717, 1.165) is 16.7 Å². The molecule has 0 spiro atoms. The first-order valence-electron chi connectivity index (χ1n) is 7.15. The van der Waals surface area contributed by atoms with Crippen molar-refractivity contribution in [3.8, 4) is 11.1 Å². The van der Waals surface area contributed by atoms with Gasteiger partial charge in [-0.25, -0.2) is 0 Å². The van der Waals surface area contributed by atoms with Crippen molar-refractivity contribution in [1.82, 2.24) is 15.2 Å². The van der Waals surface area contributed by atoms with Gasteiger partial charge >= 0.3 is 5.97 Å². The summed E-state index contributed by atoms with van der Waals surface area (Å²) in [6.45, 7) is 1.68. The van der Waals surface area contributed by atoms with Crippen molar-refractivity contribution in [3.05, 3.63) is 66.1 Å². The molecule has 6 nitrogen and oxygen atoms in total. The van der Waals surface area contributed by atoms with Crippen molar-refractivity contribution in [2.45, 2.75) is 19.3 Å². The van der Waals surface area contributed by atoms with Crippen LogP contribution < -0.4 is 0 Å². The highest BCUT2D eigenvalue weighted by molar-refractivity contribution is 5.69. The van der Waals surface area contributed by atoms with Crippen LogP contribution in [-0.2, 0) is 4.79 Å². The summed E-state index contributed by atoms with van der Waals surface area (Å²) >= 11 is 0. The zero-order valence-corrected chi connectivity index (χ0v) is 12.5. The van der Waals surface area contributed by atoms with Gasteiger partial charge in [0.1, 0.15) is 0 Å². The van der Waals surface area contributed by atoms with Gasteiger partial charge in [0.05, 0.1) is 12.3 Å². The average molecular weight is 309 g/mol. The third kappa shape index (κ3) is 3.42. The Morgan fingerprint density at radius 3 is 2.70 bits per heavy atom. The van der Waals surface area contributed by atoms with Gasteiger partial charge < -0.3 is 9.52 Å². The minimum Gasteiger partial charge on any atom is -0.481 e. The summed E-state index contributed by atoms with van der Waals surface area (Å²) in [6.07, 6.45) is 3.36. The van der Waals surface area contributed by atoms with E-state index in [1.54, 1.807) is 19.3 Å². The van der Waals surface area contributed by atoms with Crippen LogP contribution in [0.4, 0.5) is 0 Å². The van der Waals surface area contributed by atoms with E-state index in [1.165, 1.54) is 0 Å². The molecule has 1 atom stereocenters. The molecule has 0 aliphatic heterocycles. The molecule has 0 saturated heterocycles. The van der Waals surface area contributed by atoms with Gasteiger partial charge in [0.2, 0.25) is 11.8 Å². The summed E-state index contributed by atoms with van der Waals surface area (Å²) in [5, 5.41) is 17.0. The van der Waals surface area contributed by atoms with Crippen LogP contribution in [0.3, 0.4) is 0 Å². The van der Waals surface area contributed by atoms with Crippen molar-refractivity contribution in [3.63, 3.8) is 0 Å². The molecule has 3 aromatic rings. The Bertz CT molecular complexity index is 815. The molecular formula is C17H15N3O3. The van der Waals surface area contributed by atoms with E-state index in [-0.39, 0.29) is 6.42 Å². The monoisotopic (exact) mass is 309 g/mol. The third-order valence-corrected chi connectivity index (χ3v) is 3.50. The van der Waals surface area contributed by atoms with E-state index in [2.05, 4.69) is 15.2 Å². The lowest BCUT2D eigenvalue weighted by molar-refractivity contribution is -0.137. The molecule has 1 N–H and O–H groups in total. The number of aliphatic carboxylic acids is 1. The minimum absolute atomic E-state index is 0.113. The number of pyridine rings is 1. The molecule has 0 aliphatic carbocycles. The van der Waals surface area contributed by atoms with Crippen LogP contribution in [-0.4, -0.2) is 26.3 Å². The SMILES string of the molecule is Cc1nnc(C(CC(=O)O)c2cccc(-c3cccnc3)c2)o1. The molecule has 6 heteroatoms. The van der Waals surface area contributed by atoms with E-state index < -0.39 is 11.9 Å². The summed E-state index contributed by atoms with van der Waals surface area (Å²) in [5.74, 6) is -0.671. The highest BCUT2D eigenvalue weighted by atomic mass is 16.4. The van der Waals surface area contributed by atoms with Crippen LogP contribution in [0.5, 0.6) is 0 Å². The van der Waals surface area contributed by atoms with E-state index >= 15 is 0 Å². The van der Waals surface area contributed by atoms with Crippen LogP contribution in [0.1, 0.15) is 29.7 Å². The molecule has 0 saturated carbocycles. The van der Waals surface area contributed by atoms with Gasteiger partial charge in [0.25, 0.3) is 0 Å². The fourth-order valence-corrected chi connectivity index (χ4v) is 2.44. The van der Waals surface area contributed by atoms with Gasteiger partial charge in [-0.15, -0.1) is 10.2 Å². The van der Waals surface area contributed by atoms with Gasteiger partial charge in [-0.2, -0.15) is 0 Å². The zero-order valence-electron chi connectivity index (χ0n) is 12.5. The number of carbonyl (C=O) groups is 1. The summed E-state index contributed by atoms with van der Waals surface area (Å²) in [7, 11) is 0. The van der Waals surface area contributed by atoms with E-state index in [9.17, 15) is 9.90 Å². The molecular weight excluding hydrogens is 294 g/mol. The number of rotatable bonds is 5. The van der Waals surface area contributed by atoms with Gasteiger partial charge in [-0.05, 0) is 22.8 Å². The van der Waals surface area contributed by atoms with Crippen molar-refractivity contribution >= 4 is 5.97 Å². The lowest BCUT2D eigenvalue weighted by Crippen LogP contribution is -2.08. The number of hydrogen-bond donors (Lipinski definition) is 1. The third-order valence-electron chi connectivity index (χ3n) is 3.50. The maximum absolute atomic E-state index is 11.2. The first-order valence-corrected chi connectivity index (χ1v) is 7.15. The Labute approximate surface area is 132 Å². The van der Waals surface area contributed by atoms with Crippen molar-refractivity contribution in [2.24, 2.45) is 0 Å². The molecule has 116 valence electrons. The Balaban J connectivity index is 2.01. The second-order valence-corrected chi connectivity index (χ2v) is 5.18. The molecule has 0 bridgehead atoms. The maximum atomic E-state index is 11.2. The molecule has 1 aromatic carbocycles. The second-order valence-electron chi connectivity index (χ2n) is 5.18. The fraction of sp³-hybridized carbons (Fsp3) is 0.176. The lowest BCUT2D eigenvalue weighted by atomic mass is 9.93. The highest BCUT2D eigenvalue weighted by Gasteiger charge is 2.23. The Hall–Kier alpha value is -3.02. The summed E-state index contributed by atoms with van der Waals surface area (Å²) < 4.78 is 5.45. The Morgan fingerprint density at radius 1 is 1.22 bits per heavy atom. The first-order chi connectivity index (χ1) is 11.1. The number of aryl methyl sites for hydroxylation is 1. The van der Waals surface area contributed by atoms with Crippen LogP contribution in [0.25, 0.3) is 11.1 Å². The predicted octanol–water partition coefficient (Wildman–Crippen LogP) is 3.05. The molecule has 23 heavy (non-hydrogen) atoms. The number of benzene rings is 1. The van der Waals surface area contributed by atoms with E-state index in [1.807, 2.05) is 36.4 Å². The standard InChI is InChI=1S/C17H15N3O3/c1-11-19-20-17(23-11)15(9-16(21)22)13-5-2-4-12(8-13)14-6-3-7-18-10-14/h2-8,10,15H,9H2,1H3,(H,21,22). The van der Waals surface area contributed by atoms with Crippen molar-refractivity contribution in [2.75, 3.05) is 0 Å². The Morgan fingerprint density at radius 2 is 2.04 bits per heavy atom. The zero-order chi connectivity index (χ0) is 16.2. The van der Waals surface area contributed by atoms with Gasteiger partial charge in [0.15, 0.2) is 0 Å². The van der Waals surface area contributed by atoms with Crippen molar-refractivity contribution < 1.29 is 14.3 Å². The number of carboxylic acids is 1. The lowest BCUT2D eigenvalue weighted by Gasteiger charge is -2.12. The number of nitrogens with zero attached hydrogens (tertiary/aromatic N) is 3. The number of hydrogen-bond acceptors (Lipinski definition) is 5. The average Bonchev–Trinajstić information content (AvgIpc) is 3.00. The fourth-order valence-electron chi connectivity index (χ4n) is 2.44. The Kier molecular flexibility index (Phi) is 4.14. The topological polar surface area (TPSA) is 89.1 Å². The minimum atomic E-state index is -0.919. The van der Waals surface area contributed by atoms with Crippen LogP contribution in [0.2, 0.25) is 0 Å². The van der Waals surface area contributed by atoms with Crippen LogP contribution in [0.15, 0.2) is 53.2 Å². The molecule has 1 unspecified atom stereocenters. The maximum Gasteiger partial charge on any atom is 0.304 e. The summed E-state index contributed by atoms with van der Waals surface area (Å²) in [6, 6.07) is 11.5. The van der Waals surface area contributed by atoms with Crippen molar-refractivity contribution in [1.29, 1.82) is 0 Å². The van der Waals surface area contributed by atoms with Crippen LogP contribution >= 0.6 is 0 Å². The molecule has 0 radical (unpaired) electrons. The molecule has 0 fully saturated rings. The van der Waals surface area contributed by atoms with Gasteiger partial charge in [0, 0.05) is 19.3 Å². The summed E-state index contributed by atoms with van der Waals surface area (Å²) in [4.78, 5) is 15.3. The number of aromatic nitrogens is 3. The summed E-state index contributed by atoms with van der Waals surface area (Å²) in [5.41, 5.74) is 2.74. The largest absolute Gasteiger partial charge is 0.481 e. The van der Waals surface area contributed by atoms with Gasteiger partial charge in [-0.1, -0.05) is 30.3 Å². The first kappa shape index (κ1) is 14.9. The molecule has 3 rings (SSSR count). The predicted molar refractivity (Wildman–Crippen MR) is 82.8 cm³/mol. The quantitative estimate of drug-likeness (QED) is 0.779. The molecule has 2 heterocycles. The molecule has 0 aliphatic rings. The van der Waals surface area contributed by atoms with Gasteiger partial charge in [-0.3, -0.25) is 9.78 Å². The second kappa shape index (κ2) is 6.39. The molecule has 2 aromatic heterocycles. The van der Waals surface area contributed by atoms with Crippen LogP contribution in [0, 0.1) is 6.92 Å². The van der Waals surface area contributed by atoms with E-state index in [4.69, 9.17) is 4.42 Å². The number of carboxylic acid groups (broad SMARTS) is 1. The smallest absolute Gasteiger partial charge is 0.304 e.